The molecule has 1 aliphatic rings. The van der Waals surface area contributed by atoms with Gasteiger partial charge in [0.05, 0.1) is 25.3 Å². The molecule has 34 heavy (non-hydrogen) atoms. The Balaban J connectivity index is 1.78. The first-order valence-corrected chi connectivity index (χ1v) is 10.8. The van der Waals surface area contributed by atoms with Crippen LogP contribution in [0.2, 0.25) is 0 Å². The molecule has 0 saturated carbocycles. The Bertz CT molecular complexity index is 1200. The second-order valence-corrected chi connectivity index (χ2v) is 7.70. The zero-order chi connectivity index (χ0) is 24.1. The Labute approximate surface area is 197 Å². The van der Waals surface area contributed by atoms with Gasteiger partial charge in [-0.25, -0.2) is 0 Å². The molecule has 1 saturated heterocycles. The second kappa shape index (κ2) is 10.2. The molecule has 0 spiro atoms. The number of methoxy groups -OCH3 is 2. The third-order valence-corrected chi connectivity index (χ3v) is 5.59. The number of hydrogen-bond donors (Lipinski definition) is 1. The van der Waals surface area contributed by atoms with E-state index in [-0.39, 0.29) is 24.5 Å². The fraction of sp³-hybridized carbons (Fsp3) is 0.185. The van der Waals surface area contributed by atoms with Crippen molar-refractivity contribution >= 4 is 17.4 Å². The number of carbonyl (C=O) groups excluding carboxylic acids is 2. The smallest absolute Gasteiger partial charge is 0.295 e. The van der Waals surface area contributed by atoms with E-state index in [1.54, 1.807) is 55.6 Å². The molecule has 3 aromatic rings. The number of benzene rings is 3. The Morgan fingerprint density at radius 2 is 1.59 bits per heavy atom. The third-order valence-electron chi connectivity index (χ3n) is 5.59. The molecule has 0 unspecified atom stereocenters. The molecule has 4 rings (SSSR count). The van der Waals surface area contributed by atoms with Crippen molar-refractivity contribution < 1.29 is 28.9 Å². The lowest BCUT2D eigenvalue weighted by molar-refractivity contribution is -0.140. The van der Waals surface area contributed by atoms with E-state index in [4.69, 9.17) is 14.2 Å². The van der Waals surface area contributed by atoms with Crippen LogP contribution in [-0.2, 0) is 14.3 Å². The van der Waals surface area contributed by atoms with Gasteiger partial charge in [-0.15, -0.1) is 0 Å². The molecule has 0 aliphatic carbocycles. The van der Waals surface area contributed by atoms with Crippen LogP contribution >= 0.6 is 0 Å². The van der Waals surface area contributed by atoms with E-state index >= 15 is 0 Å². The van der Waals surface area contributed by atoms with Crippen LogP contribution in [-0.4, -0.2) is 49.1 Å². The zero-order valence-corrected chi connectivity index (χ0v) is 18.9. The molecule has 3 aromatic carbocycles. The lowest BCUT2D eigenvalue weighted by Crippen LogP contribution is -2.32. The van der Waals surface area contributed by atoms with Gasteiger partial charge in [-0.05, 0) is 54.1 Å². The number of Topliss-reactive ketones (excluding diaryl/α,β-unsaturated/α-hetero) is 1. The Kier molecular flexibility index (Phi) is 6.94. The lowest BCUT2D eigenvalue weighted by atomic mass is 9.95. The number of carbonyl (C=O) groups is 2. The SMILES string of the molecule is COCCN1C(=O)C(=O)C(=C(O)c2ccc(OC)cc2)[C@@H]1c1cccc(Oc2ccccc2)c1. The molecule has 1 amide bonds. The summed E-state index contributed by atoms with van der Waals surface area (Å²) in [7, 11) is 3.07. The van der Waals surface area contributed by atoms with E-state index < -0.39 is 17.7 Å². The summed E-state index contributed by atoms with van der Waals surface area (Å²) in [6.07, 6.45) is 0. The van der Waals surface area contributed by atoms with E-state index in [1.165, 1.54) is 12.0 Å². The van der Waals surface area contributed by atoms with Crippen LogP contribution in [0.5, 0.6) is 17.2 Å². The summed E-state index contributed by atoms with van der Waals surface area (Å²) in [6, 6.07) is 22.3. The molecule has 7 heteroatoms. The number of rotatable bonds is 8. The minimum atomic E-state index is -0.795. The highest BCUT2D eigenvalue weighted by Crippen LogP contribution is 2.40. The zero-order valence-electron chi connectivity index (χ0n) is 18.9. The first-order valence-electron chi connectivity index (χ1n) is 10.8. The van der Waals surface area contributed by atoms with Gasteiger partial charge < -0.3 is 24.2 Å². The molecule has 7 nitrogen and oxygen atoms in total. The van der Waals surface area contributed by atoms with Crippen molar-refractivity contribution in [3.63, 3.8) is 0 Å². The minimum absolute atomic E-state index is 0.0168. The predicted octanol–water partition coefficient (Wildman–Crippen LogP) is 4.56. The van der Waals surface area contributed by atoms with E-state index in [9.17, 15) is 14.7 Å². The normalized spacial score (nSPS) is 17.1. The number of amides is 1. The van der Waals surface area contributed by atoms with E-state index in [0.29, 0.717) is 28.4 Å². The first-order chi connectivity index (χ1) is 16.5. The molecule has 0 aromatic heterocycles. The molecule has 1 heterocycles. The monoisotopic (exact) mass is 459 g/mol. The van der Waals surface area contributed by atoms with Crippen LogP contribution < -0.4 is 9.47 Å². The van der Waals surface area contributed by atoms with E-state index in [1.807, 2.05) is 30.3 Å². The summed E-state index contributed by atoms with van der Waals surface area (Å²) in [6.45, 7) is 0.432. The van der Waals surface area contributed by atoms with Crippen LogP contribution in [0.1, 0.15) is 17.2 Å². The fourth-order valence-electron chi connectivity index (χ4n) is 3.92. The van der Waals surface area contributed by atoms with Gasteiger partial charge in [-0.3, -0.25) is 9.59 Å². The number of aliphatic hydroxyl groups excluding tert-OH is 1. The van der Waals surface area contributed by atoms with Gasteiger partial charge in [-0.1, -0.05) is 30.3 Å². The van der Waals surface area contributed by atoms with E-state index in [2.05, 4.69) is 0 Å². The van der Waals surface area contributed by atoms with Gasteiger partial charge in [0.1, 0.15) is 23.0 Å². The molecular formula is C27H25NO6. The largest absolute Gasteiger partial charge is 0.507 e. The highest BCUT2D eigenvalue weighted by atomic mass is 16.5. The lowest BCUT2D eigenvalue weighted by Gasteiger charge is -2.25. The van der Waals surface area contributed by atoms with Crippen molar-refractivity contribution in [3.05, 3.63) is 95.6 Å². The topological polar surface area (TPSA) is 85.3 Å². The average molecular weight is 459 g/mol. The molecule has 174 valence electrons. The molecular weight excluding hydrogens is 434 g/mol. The van der Waals surface area contributed by atoms with E-state index in [0.717, 1.165) is 0 Å². The van der Waals surface area contributed by atoms with Gasteiger partial charge >= 0.3 is 0 Å². The van der Waals surface area contributed by atoms with Gasteiger partial charge in [0, 0.05) is 19.2 Å². The molecule has 1 fully saturated rings. The Morgan fingerprint density at radius 1 is 0.882 bits per heavy atom. The van der Waals surface area contributed by atoms with Crippen molar-refractivity contribution in [3.8, 4) is 17.2 Å². The van der Waals surface area contributed by atoms with Crippen molar-refractivity contribution in [1.29, 1.82) is 0 Å². The molecule has 0 radical (unpaired) electrons. The van der Waals surface area contributed by atoms with Gasteiger partial charge in [0.2, 0.25) is 0 Å². The number of ether oxygens (including phenoxy) is 3. The van der Waals surface area contributed by atoms with Crippen molar-refractivity contribution in [2.24, 2.45) is 0 Å². The van der Waals surface area contributed by atoms with Crippen molar-refractivity contribution in [2.45, 2.75) is 6.04 Å². The number of nitrogens with zero attached hydrogens (tertiary/aromatic N) is 1. The van der Waals surface area contributed by atoms with Gasteiger partial charge in [0.15, 0.2) is 0 Å². The van der Waals surface area contributed by atoms with Crippen molar-refractivity contribution in [2.75, 3.05) is 27.4 Å². The summed E-state index contributed by atoms with van der Waals surface area (Å²) >= 11 is 0. The summed E-state index contributed by atoms with van der Waals surface area (Å²) in [5.74, 6) is 0.131. The summed E-state index contributed by atoms with van der Waals surface area (Å²) < 4.78 is 16.3. The molecule has 1 N–H and O–H groups in total. The Hall–Kier alpha value is -4.10. The van der Waals surface area contributed by atoms with Crippen molar-refractivity contribution in [1.82, 2.24) is 4.90 Å². The van der Waals surface area contributed by atoms with Crippen LogP contribution in [0.3, 0.4) is 0 Å². The maximum Gasteiger partial charge on any atom is 0.295 e. The minimum Gasteiger partial charge on any atom is -0.507 e. The molecule has 0 bridgehead atoms. The average Bonchev–Trinajstić information content (AvgIpc) is 3.12. The maximum absolute atomic E-state index is 13.1. The summed E-state index contributed by atoms with van der Waals surface area (Å²) in [5.41, 5.74) is 1.06. The number of aliphatic hydroxyl groups is 1. The fourth-order valence-corrected chi connectivity index (χ4v) is 3.92. The molecule has 1 atom stereocenters. The third kappa shape index (κ3) is 4.65. The van der Waals surface area contributed by atoms with Crippen LogP contribution in [0.4, 0.5) is 0 Å². The summed E-state index contributed by atoms with van der Waals surface area (Å²) in [4.78, 5) is 27.4. The highest BCUT2D eigenvalue weighted by molar-refractivity contribution is 6.46. The first kappa shape index (κ1) is 23.1. The maximum atomic E-state index is 13.1. The number of ketones is 1. The predicted molar refractivity (Wildman–Crippen MR) is 127 cm³/mol. The molecule has 1 aliphatic heterocycles. The quantitative estimate of drug-likeness (QED) is 0.302. The summed E-state index contributed by atoms with van der Waals surface area (Å²) in [5, 5.41) is 11.1. The van der Waals surface area contributed by atoms with Crippen LogP contribution in [0, 0.1) is 0 Å². The number of likely N-dealkylation sites (tertiary alicyclic amines) is 1. The van der Waals surface area contributed by atoms with Crippen LogP contribution in [0.25, 0.3) is 5.76 Å². The standard InChI is InChI=1S/C27H25NO6/c1-32-16-15-28-24(19-7-6-10-22(17-19)34-21-8-4-3-5-9-21)23(26(30)27(28)31)25(29)18-11-13-20(33-2)14-12-18/h3-14,17,24,29H,15-16H2,1-2H3/t24-/m0/s1. The van der Waals surface area contributed by atoms with Gasteiger partial charge in [0.25, 0.3) is 11.7 Å². The Morgan fingerprint density at radius 3 is 2.26 bits per heavy atom. The van der Waals surface area contributed by atoms with Crippen LogP contribution in [0.15, 0.2) is 84.4 Å². The van der Waals surface area contributed by atoms with Gasteiger partial charge in [-0.2, -0.15) is 0 Å². The highest BCUT2D eigenvalue weighted by Gasteiger charge is 2.46. The number of para-hydroxylation sites is 1. The number of hydrogen-bond acceptors (Lipinski definition) is 6. The second-order valence-electron chi connectivity index (χ2n) is 7.70.